The van der Waals surface area contributed by atoms with Gasteiger partial charge in [0.05, 0.1) is 5.75 Å². The number of carbonyl (C=O) groups is 2. The van der Waals surface area contributed by atoms with Crippen LogP contribution in [0.25, 0.3) is 0 Å². The summed E-state index contributed by atoms with van der Waals surface area (Å²) in [5.41, 5.74) is 0.932. The number of carbonyl (C=O) groups excluding carboxylic acids is 2. The summed E-state index contributed by atoms with van der Waals surface area (Å²) in [5.74, 6) is -0.0921. The van der Waals surface area contributed by atoms with Gasteiger partial charge >= 0.3 is 5.97 Å². The van der Waals surface area contributed by atoms with Gasteiger partial charge in [0.15, 0.2) is 0 Å². The standard InChI is InChI=1S/C13H13NO3S/c15-12-10-18-7-6-14(12)8-13(16)17-9-11-4-2-1-3-5-11/h1-7H,8-10H2. The summed E-state index contributed by atoms with van der Waals surface area (Å²) < 4.78 is 5.11. The van der Waals surface area contributed by atoms with E-state index in [1.807, 2.05) is 30.3 Å². The molecular weight excluding hydrogens is 250 g/mol. The molecule has 0 N–H and O–H groups in total. The maximum atomic E-state index is 11.6. The first-order valence-electron chi connectivity index (χ1n) is 5.53. The fourth-order valence-electron chi connectivity index (χ4n) is 1.47. The van der Waals surface area contributed by atoms with Crippen molar-refractivity contribution in [2.75, 3.05) is 12.3 Å². The van der Waals surface area contributed by atoms with Crippen molar-refractivity contribution in [1.82, 2.24) is 4.90 Å². The third-order valence-electron chi connectivity index (χ3n) is 2.41. The van der Waals surface area contributed by atoms with Crippen molar-refractivity contribution < 1.29 is 14.3 Å². The molecule has 0 unspecified atom stereocenters. The van der Waals surface area contributed by atoms with Crippen LogP contribution in [0, 0.1) is 0 Å². The lowest BCUT2D eigenvalue weighted by Gasteiger charge is -2.19. The van der Waals surface area contributed by atoms with E-state index in [-0.39, 0.29) is 19.1 Å². The smallest absolute Gasteiger partial charge is 0.326 e. The molecule has 0 saturated carbocycles. The van der Waals surface area contributed by atoms with E-state index in [1.54, 1.807) is 11.6 Å². The lowest BCUT2D eigenvalue weighted by molar-refractivity contribution is -0.148. The maximum Gasteiger partial charge on any atom is 0.326 e. The minimum Gasteiger partial charge on any atom is -0.459 e. The Balaban J connectivity index is 1.80. The minimum absolute atomic E-state index is 0.0251. The third kappa shape index (κ3) is 3.63. The summed E-state index contributed by atoms with van der Waals surface area (Å²) in [6, 6.07) is 9.44. The van der Waals surface area contributed by atoms with E-state index in [0.29, 0.717) is 5.75 Å². The number of esters is 1. The van der Waals surface area contributed by atoms with E-state index < -0.39 is 5.97 Å². The van der Waals surface area contributed by atoms with Gasteiger partial charge in [-0.25, -0.2) is 0 Å². The highest BCUT2D eigenvalue weighted by Crippen LogP contribution is 2.12. The molecule has 0 aromatic heterocycles. The van der Waals surface area contributed by atoms with Crippen LogP contribution < -0.4 is 0 Å². The molecule has 1 aliphatic rings. The fourth-order valence-corrected chi connectivity index (χ4v) is 2.10. The zero-order valence-corrected chi connectivity index (χ0v) is 10.6. The summed E-state index contributed by atoms with van der Waals surface area (Å²) in [4.78, 5) is 24.4. The maximum absolute atomic E-state index is 11.6. The first-order chi connectivity index (χ1) is 8.75. The van der Waals surface area contributed by atoms with Gasteiger partial charge in [-0.05, 0) is 11.0 Å². The van der Waals surface area contributed by atoms with Crippen molar-refractivity contribution in [3.05, 3.63) is 47.5 Å². The largest absolute Gasteiger partial charge is 0.459 e. The molecule has 4 nitrogen and oxygen atoms in total. The first kappa shape index (κ1) is 12.7. The lowest BCUT2D eigenvalue weighted by atomic mass is 10.2. The lowest BCUT2D eigenvalue weighted by Crippen LogP contribution is -2.34. The highest BCUT2D eigenvalue weighted by Gasteiger charge is 2.18. The molecular formula is C13H13NO3S. The van der Waals surface area contributed by atoms with Crippen LogP contribution in [-0.2, 0) is 20.9 Å². The highest BCUT2D eigenvalue weighted by atomic mass is 32.2. The van der Waals surface area contributed by atoms with Crippen LogP contribution in [0.5, 0.6) is 0 Å². The van der Waals surface area contributed by atoms with Crippen molar-refractivity contribution in [1.29, 1.82) is 0 Å². The molecule has 0 spiro atoms. The van der Waals surface area contributed by atoms with Crippen molar-refractivity contribution in [3.63, 3.8) is 0 Å². The fraction of sp³-hybridized carbons (Fsp3) is 0.231. The second-order valence-corrected chi connectivity index (χ2v) is 4.66. The average Bonchev–Trinajstić information content (AvgIpc) is 2.40. The van der Waals surface area contributed by atoms with Crippen molar-refractivity contribution >= 4 is 23.6 Å². The number of benzene rings is 1. The monoisotopic (exact) mass is 263 g/mol. The molecule has 1 amide bonds. The van der Waals surface area contributed by atoms with Crippen LogP contribution in [0.2, 0.25) is 0 Å². The summed E-state index contributed by atoms with van der Waals surface area (Å²) in [6.45, 7) is 0.211. The third-order valence-corrected chi connectivity index (χ3v) is 3.13. The van der Waals surface area contributed by atoms with Gasteiger partial charge in [0.1, 0.15) is 13.2 Å². The number of nitrogens with zero attached hydrogens (tertiary/aromatic N) is 1. The quantitative estimate of drug-likeness (QED) is 0.777. The van der Waals surface area contributed by atoms with Gasteiger partial charge in [-0.3, -0.25) is 9.59 Å². The molecule has 1 aliphatic heterocycles. The van der Waals surface area contributed by atoms with Crippen molar-refractivity contribution in [3.8, 4) is 0 Å². The summed E-state index contributed by atoms with van der Waals surface area (Å²) in [6.07, 6.45) is 1.61. The predicted octanol–water partition coefficient (Wildman–Crippen LogP) is 1.78. The molecule has 5 heteroatoms. The molecule has 94 valence electrons. The van der Waals surface area contributed by atoms with Crippen LogP contribution in [0.15, 0.2) is 41.9 Å². The Morgan fingerprint density at radius 3 is 2.83 bits per heavy atom. The number of ether oxygens (including phenoxy) is 1. The number of rotatable bonds is 4. The van der Waals surface area contributed by atoms with E-state index in [2.05, 4.69) is 0 Å². The van der Waals surface area contributed by atoms with Crippen LogP contribution in [0.4, 0.5) is 0 Å². The van der Waals surface area contributed by atoms with Crippen LogP contribution in [0.3, 0.4) is 0 Å². The van der Waals surface area contributed by atoms with Gasteiger partial charge in [-0.15, -0.1) is 11.8 Å². The second kappa shape index (κ2) is 6.26. The normalized spacial score (nSPS) is 14.7. The molecule has 2 rings (SSSR count). The molecule has 0 fully saturated rings. The van der Waals surface area contributed by atoms with E-state index in [9.17, 15) is 9.59 Å². The Hall–Kier alpha value is -1.75. The van der Waals surface area contributed by atoms with Gasteiger partial charge in [-0.1, -0.05) is 30.3 Å². The Labute approximate surface area is 110 Å². The minimum atomic E-state index is -0.399. The molecule has 18 heavy (non-hydrogen) atoms. The summed E-state index contributed by atoms with van der Waals surface area (Å²) in [7, 11) is 0. The zero-order valence-electron chi connectivity index (χ0n) is 9.74. The van der Waals surface area contributed by atoms with Gasteiger partial charge in [0, 0.05) is 6.20 Å². The van der Waals surface area contributed by atoms with Gasteiger partial charge in [0.25, 0.3) is 0 Å². The van der Waals surface area contributed by atoms with E-state index in [0.717, 1.165) is 5.56 Å². The van der Waals surface area contributed by atoms with Gasteiger partial charge in [-0.2, -0.15) is 0 Å². The molecule has 1 aromatic rings. The predicted molar refractivity (Wildman–Crippen MR) is 69.5 cm³/mol. The van der Waals surface area contributed by atoms with E-state index in [1.165, 1.54) is 16.7 Å². The Kier molecular flexibility index (Phi) is 4.41. The number of hydrogen-bond donors (Lipinski definition) is 0. The number of thioether (sulfide) groups is 1. The Bertz CT molecular complexity index is 459. The first-order valence-corrected chi connectivity index (χ1v) is 6.58. The van der Waals surface area contributed by atoms with Crippen LogP contribution in [0.1, 0.15) is 5.56 Å². The van der Waals surface area contributed by atoms with Gasteiger partial charge < -0.3 is 9.64 Å². The van der Waals surface area contributed by atoms with E-state index >= 15 is 0 Å². The number of amides is 1. The molecule has 0 bridgehead atoms. The average molecular weight is 263 g/mol. The van der Waals surface area contributed by atoms with Crippen LogP contribution in [-0.4, -0.2) is 29.1 Å². The molecule has 1 aromatic carbocycles. The summed E-state index contributed by atoms with van der Waals surface area (Å²) in [5, 5.41) is 1.80. The van der Waals surface area contributed by atoms with E-state index in [4.69, 9.17) is 4.74 Å². The van der Waals surface area contributed by atoms with Crippen molar-refractivity contribution in [2.45, 2.75) is 6.61 Å². The Morgan fingerprint density at radius 2 is 2.11 bits per heavy atom. The molecule has 0 radical (unpaired) electrons. The Morgan fingerprint density at radius 1 is 1.33 bits per heavy atom. The zero-order chi connectivity index (χ0) is 12.8. The van der Waals surface area contributed by atoms with Gasteiger partial charge in [0.2, 0.25) is 5.91 Å². The second-order valence-electron chi connectivity index (χ2n) is 3.76. The highest BCUT2D eigenvalue weighted by molar-refractivity contribution is 8.02. The molecule has 1 heterocycles. The topological polar surface area (TPSA) is 46.6 Å². The SMILES string of the molecule is O=C(CN1C=CSCC1=O)OCc1ccccc1. The summed E-state index contributed by atoms with van der Waals surface area (Å²) >= 11 is 1.42. The molecule has 0 saturated heterocycles. The van der Waals surface area contributed by atoms with Crippen LogP contribution >= 0.6 is 11.8 Å². The number of hydrogen-bond acceptors (Lipinski definition) is 4. The molecule has 0 aliphatic carbocycles. The van der Waals surface area contributed by atoms with Crippen molar-refractivity contribution in [2.24, 2.45) is 0 Å². The molecule has 0 atom stereocenters.